The van der Waals surface area contributed by atoms with Crippen molar-refractivity contribution in [3.8, 4) is 5.82 Å². The van der Waals surface area contributed by atoms with Gasteiger partial charge < -0.3 is 9.80 Å². The number of pyridine rings is 1. The monoisotopic (exact) mass is 469 g/mol. The Morgan fingerprint density at radius 2 is 1.68 bits per heavy atom. The van der Waals surface area contributed by atoms with Crippen molar-refractivity contribution in [2.24, 2.45) is 0 Å². The van der Waals surface area contributed by atoms with Gasteiger partial charge in [-0.05, 0) is 12.1 Å². The number of hydrogen-bond acceptors (Lipinski definition) is 5. The van der Waals surface area contributed by atoms with E-state index in [0.717, 1.165) is 21.7 Å². The Morgan fingerprint density at radius 3 is 2.19 bits per heavy atom. The highest BCUT2D eigenvalue weighted by molar-refractivity contribution is 6.33. The van der Waals surface area contributed by atoms with Crippen molar-refractivity contribution in [1.82, 2.24) is 19.7 Å². The largest absolute Gasteiger partial charge is 0.417 e. The first kappa shape index (κ1) is 22.8. The maximum absolute atomic E-state index is 12.7. The van der Waals surface area contributed by atoms with Crippen molar-refractivity contribution in [1.29, 1.82) is 0 Å². The van der Waals surface area contributed by atoms with E-state index in [1.54, 1.807) is 4.90 Å². The lowest BCUT2D eigenvalue weighted by atomic mass is 10.2. The molecule has 3 heterocycles. The summed E-state index contributed by atoms with van der Waals surface area (Å²) in [4.78, 5) is 30.5. The SMILES string of the molecule is O=C(CC(F)(F)F)N1CCN(c2cnn(-c3ccc(C(F)(F)F)cn3)c(=O)c2Cl)CC1. The molecule has 0 aliphatic carbocycles. The van der Waals surface area contributed by atoms with Crippen molar-refractivity contribution in [3.63, 3.8) is 0 Å². The van der Waals surface area contributed by atoms with Crippen molar-refractivity contribution < 1.29 is 31.1 Å². The summed E-state index contributed by atoms with van der Waals surface area (Å²) in [7, 11) is 0. The van der Waals surface area contributed by atoms with Crippen LogP contribution in [0.15, 0.2) is 29.3 Å². The smallest absolute Gasteiger partial charge is 0.365 e. The molecule has 168 valence electrons. The number of amides is 1. The third kappa shape index (κ3) is 5.27. The summed E-state index contributed by atoms with van der Waals surface area (Å²) in [5.74, 6) is -1.21. The molecule has 7 nitrogen and oxygen atoms in total. The van der Waals surface area contributed by atoms with Gasteiger partial charge in [0.05, 0.1) is 17.4 Å². The molecule has 1 aliphatic heterocycles. The molecule has 31 heavy (non-hydrogen) atoms. The Morgan fingerprint density at radius 1 is 1.03 bits per heavy atom. The Bertz CT molecular complexity index is 1010. The van der Waals surface area contributed by atoms with Crippen LogP contribution in [0.1, 0.15) is 12.0 Å². The summed E-state index contributed by atoms with van der Waals surface area (Å²) in [5, 5.41) is 3.60. The maximum Gasteiger partial charge on any atom is 0.417 e. The van der Waals surface area contributed by atoms with E-state index in [4.69, 9.17) is 11.6 Å². The topological polar surface area (TPSA) is 71.3 Å². The van der Waals surface area contributed by atoms with Gasteiger partial charge in [-0.25, -0.2) is 4.98 Å². The fourth-order valence-corrected chi connectivity index (χ4v) is 3.22. The number of carbonyl (C=O) groups excluding carboxylic acids is 1. The molecule has 0 aromatic carbocycles. The van der Waals surface area contributed by atoms with Gasteiger partial charge >= 0.3 is 12.4 Å². The van der Waals surface area contributed by atoms with Crippen LogP contribution in [0.4, 0.5) is 32.0 Å². The lowest BCUT2D eigenvalue weighted by molar-refractivity contribution is -0.161. The van der Waals surface area contributed by atoms with E-state index in [2.05, 4.69) is 10.1 Å². The van der Waals surface area contributed by atoms with Crippen LogP contribution in [0.2, 0.25) is 5.02 Å². The molecule has 1 amide bonds. The number of nitrogens with zero attached hydrogens (tertiary/aromatic N) is 5. The maximum atomic E-state index is 12.7. The van der Waals surface area contributed by atoms with Gasteiger partial charge in [-0.3, -0.25) is 9.59 Å². The highest BCUT2D eigenvalue weighted by Gasteiger charge is 2.35. The molecular formula is C17H14ClF6N5O2. The fourth-order valence-electron chi connectivity index (χ4n) is 2.97. The average molecular weight is 470 g/mol. The van der Waals surface area contributed by atoms with Crippen LogP contribution in [0.5, 0.6) is 0 Å². The number of aromatic nitrogens is 3. The molecule has 0 saturated carbocycles. The van der Waals surface area contributed by atoms with Crippen molar-refractivity contribution >= 4 is 23.2 Å². The number of carbonyl (C=O) groups is 1. The lowest BCUT2D eigenvalue weighted by Gasteiger charge is -2.36. The van der Waals surface area contributed by atoms with E-state index in [0.29, 0.717) is 6.20 Å². The second kappa shape index (κ2) is 8.36. The second-order valence-corrected chi connectivity index (χ2v) is 7.00. The van der Waals surface area contributed by atoms with Gasteiger partial charge in [-0.15, -0.1) is 0 Å². The fraction of sp³-hybridized carbons (Fsp3) is 0.412. The first-order valence-corrected chi connectivity index (χ1v) is 9.15. The third-order valence-corrected chi connectivity index (χ3v) is 4.87. The molecule has 0 bridgehead atoms. The molecular weight excluding hydrogens is 456 g/mol. The Balaban J connectivity index is 1.75. The zero-order chi connectivity index (χ0) is 23.0. The molecule has 2 aromatic rings. The molecule has 0 unspecified atom stereocenters. The molecule has 3 rings (SSSR count). The Hall–Kier alpha value is -2.83. The standard InChI is InChI=1S/C17H14ClF6N5O2/c18-14-11(27-3-5-28(6-4-27)13(30)7-16(19,20)21)9-26-29(15(14)31)12-2-1-10(8-25-12)17(22,23)24/h1-2,8-9H,3-7H2. The van der Waals surface area contributed by atoms with Gasteiger partial charge in [-0.2, -0.15) is 36.1 Å². The second-order valence-electron chi connectivity index (χ2n) is 6.62. The summed E-state index contributed by atoms with van der Waals surface area (Å²) >= 11 is 6.12. The van der Waals surface area contributed by atoms with Gasteiger partial charge in [0.15, 0.2) is 5.82 Å². The lowest BCUT2D eigenvalue weighted by Crippen LogP contribution is -2.50. The molecule has 1 saturated heterocycles. The van der Waals surface area contributed by atoms with Crippen molar-refractivity contribution in [3.05, 3.63) is 45.5 Å². The minimum absolute atomic E-state index is 0.00517. The number of halogens is 7. The third-order valence-electron chi connectivity index (χ3n) is 4.52. The van der Waals surface area contributed by atoms with Crippen LogP contribution in [0.3, 0.4) is 0 Å². The summed E-state index contributed by atoms with van der Waals surface area (Å²) < 4.78 is 75.8. The van der Waals surface area contributed by atoms with Gasteiger partial charge in [0.25, 0.3) is 5.56 Å². The molecule has 14 heteroatoms. The number of rotatable bonds is 3. The van der Waals surface area contributed by atoms with Gasteiger partial charge in [-0.1, -0.05) is 11.6 Å². The zero-order valence-electron chi connectivity index (χ0n) is 15.5. The van der Waals surface area contributed by atoms with Crippen molar-refractivity contribution in [2.45, 2.75) is 18.8 Å². The highest BCUT2D eigenvalue weighted by Crippen LogP contribution is 2.29. The van der Waals surface area contributed by atoms with Crippen LogP contribution in [-0.2, 0) is 11.0 Å². The van der Waals surface area contributed by atoms with E-state index in [1.165, 1.54) is 6.20 Å². The van der Waals surface area contributed by atoms with Gasteiger partial charge in [0, 0.05) is 32.4 Å². The normalized spacial score (nSPS) is 15.3. The van der Waals surface area contributed by atoms with E-state index in [-0.39, 0.29) is 42.7 Å². The van der Waals surface area contributed by atoms with E-state index < -0.39 is 35.8 Å². The minimum atomic E-state index is -4.60. The van der Waals surface area contributed by atoms with E-state index in [1.807, 2.05) is 0 Å². The molecule has 1 aliphatic rings. The molecule has 0 spiro atoms. The van der Waals surface area contributed by atoms with E-state index >= 15 is 0 Å². The van der Waals surface area contributed by atoms with Crippen LogP contribution < -0.4 is 10.5 Å². The molecule has 1 fully saturated rings. The molecule has 2 aromatic heterocycles. The van der Waals surface area contributed by atoms with Gasteiger partial charge in [0.1, 0.15) is 11.4 Å². The first-order chi connectivity index (χ1) is 14.4. The summed E-state index contributed by atoms with van der Waals surface area (Å²) in [6.45, 7) is 0.226. The number of piperazine rings is 1. The predicted molar refractivity (Wildman–Crippen MR) is 97.1 cm³/mol. The van der Waals surface area contributed by atoms with Crippen LogP contribution in [-0.4, -0.2) is 57.9 Å². The number of anilines is 1. The van der Waals surface area contributed by atoms with Crippen molar-refractivity contribution in [2.75, 3.05) is 31.1 Å². The quantitative estimate of drug-likeness (QED) is 0.647. The summed E-state index contributed by atoms with van der Waals surface area (Å²) in [6.07, 6.45) is -8.97. The summed E-state index contributed by atoms with van der Waals surface area (Å²) in [5.41, 5.74) is -1.63. The van der Waals surface area contributed by atoms with Crippen LogP contribution in [0, 0.1) is 0 Å². The predicted octanol–water partition coefficient (Wildman–Crippen LogP) is 2.90. The molecule has 0 atom stereocenters. The zero-order valence-corrected chi connectivity index (χ0v) is 16.3. The molecule has 0 radical (unpaired) electrons. The number of alkyl halides is 6. The number of hydrogen-bond donors (Lipinski definition) is 0. The van der Waals surface area contributed by atoms with Crippen LogP contribution >= 0.6 is 11.6 Å². The minimum Gasteiger partial charge on any atom is -0.365 e. The Labute approximate surface area is 175 Å². The van der Waals surface area contributed by atoms with E-state index in [9.17, 15) is 35.9 Å². The molecule has 0 N–H and O–H groups in total. The Kier molecular flexibility index (Phi) is 6.16. The van der Waals surface area contributed by atoms with Crippen LogP contribution in [0.25, 0.3) is 5.82 Å². The van der Waals surface area contributed by atoms with Gasteiger partial charge in [0.2, 0.25) is 5.91 Å². The highest BCUT2D eigenvalue weighted by atomic mass is 35.5. The average Bonchev–Trinajstić information content (AvgIpc) is 2.68. The first-order valence-electron chi connectivity index (χ1n) is 8.78. The summed E-state index contributed by atoms with van der Waals surface area (Å²) in [6, 6.07) is 1.72.